The molecule has 0 heterocycles. The number of hydrogen-bond acceptors (Lipinski definition) is 2. The monoisotopic (exact) mass is 296 g/mol. The Hall–Kier alpha value is -2.09. The van der Waals surface area contributed by atoms with Gasteiger partial charge in [0.15, 0.2) is 0 Å². The van der Waals surface area contributed by atoms with Gasteiger partial charge in [-0.15, -0.1) is 0 Å². The van der Waals surface area contributed by atoms with Crippen molar-refractivity contribution in [2.75, 3.05) is 0 Å². The van der Waals surface area contributed by atoms with E-state index in [2.05, 4.69) is 32.2 Å². The van der Waals surface area contributed by atoms with E-state index in [9.17, 15) is 4.79 Å². The third-order valence-electron chi connectivity index (χ3n) is 4.28. The van der Waals surface area contributed by atoms with Gasteiger partial charge in [0.25, 0.3) is 0 Å². The predicted octanol–water partition coefficient (Wildman–Crippen LogP) is 5.39. The van der Waals surface area contributed by atoms with Gasteiger partial charge in [0, 0.05) is 0 Å². The number of carbonyl (C=O) groups excluding carboxylic acids is 1. The number of rotatable bonds is 5. The van der Waals surface area contributed by atoms with E-state index in [1.165, 1.54) is 31.2 Å². The smallest absolute Gasteiger partial charge is 0.343 e. The van der Waals surface area contributed by atoms with Gasteiger partial charge in [-0.2, -0.15) is 0 Å². The number of esters is 1. The molecule has 0 spiro atoms. The van der Waals surface area contributed by atoms with E-state index in [0.717, 1.165) is 5.92 Å². The molecule has 0 bridgehead atoms. The van der Waals surface area contributed by atoms with Crippen molar-refractivity contribution in [3.8, 4) is 0 Å². The average Bonchev–Trinajstić information content (AvgIpc) is 2.54. The minimum absolute atomic E-state index is 0.315. The van der Waals surface area contributed by atoms with Gasteiger partial charge < -0.3 is 4.74 Å². The van der Waals surface area contributed by atoms with Crippen LogP contribution < -0.4 is 0 Å². The Bertz CT molecular complexity index is 558. The molecular weight excluding hydrogens is 272 g/mol. The zero-order chi connectivity index (χ0) is 15.9. The number of ether oxygens (including phenoxy) is 1. The Morgan fingerprint density at radius 2 is 1.82 bits per heavy atom. The van der Waals surface area contributed by atoms with Crippen molar-refractivity contribution < 1.29 is 9.53 Å². The number of benzene rings is 1. The molecule has 2 nitrogen and oxygen atoms in total. The average molecular weight is 296 g/mol. The summed E-state index contributed by atoms with van der Waals surface area (Å²) < 4.78 is 5.17. The molecule has 0 unspecified atom stereocenters. The molecule has 1 aliphatic carbocycles. The van der Waals surface area contributed by atoms with Crippen molar-refractivity contribution in [2.45, 2.75) is 38.5 Å². The van der Waals surface area contributed by atoms with Crippen LogP contribution in [0.3, 0.4) is 0 Å². The quantitative estimate of drug-likeness (QED) is 0.413. The predicted molar refractivity (Wildman–Crippen MR) is 90.7 cm³/mol. The van der Waals surface area contributed by atoms with E-state index >= 15 is 0 Å². The van der Waals surface area contributed by atoms with Gasteiger partial charge in [-0.3, -0.25) is 0 Å². The van der Waals surface area contributed by atoms with Crippen LogP contribution in [0.2, 0.25) is 0 Å². The van der Waals surface area contributed by atoms with Gasteiger partial charge in [-0.05, 0) is 48.4 Å². The fraction of sp³-hybridized carbons (Fsp3) is 0.350. The number of hydrogen-bond donors (Lipinski definition) is 0. The second-order valence-corrected chi connectivity index (χ2v) is 6.03. The highest BCUT2D eigenvalue weighted by molar-refractivity contribution is 5.90. The maximum absolute atomic E-state index is 12.0. The molecule has 0 N–H and O–H groups in total. The van der Waals surface area contributed by atoms with Crippen molar-refractivity contribution in [1.29, 1.82) is 0 Å². The van der Waals surface area contributed by atoms with Gasteiger partial charge in [0.1, 0.15) is 5.76 Å². The summed E-state index contributed by atoms with van der Waals surface area (Å²) in [7, 11) is 0. The van der Waals surface area contributed by atoms with E-state index in [4.69, 9.17) is 4.74 Å². The Balaban J connectivity index is 1.96. The Labute approximate surface area is 133 Å². The third kappa shape index (κ3) is 4.45. The zero-order valence-electron chi connectivity index (χ0n) is 13.3. The third-order valence-corrected chi connectivity index (χ3v) is 4.28. The van der Waals surface area contributed by atoms with Crippen LogP contribution in [0.5, 0.6) is 0 Å². The number of carbonyl (C=O) groups is 1. The van der Waals surface area contributed by atoms with Crippen molar-refractivity contribution in [3.63, 3.8) is 0 Å². The lowest BCUT2D eigenvalue weighted by Crippen LogP contribution is -2.11. The summed E-state index contributed by atoms with van der Waals surface area (Å²) in [5.74, 6) is 1.42. The Morgan fingerprint density at radius 3 is 2.41 bits per heavy atom. The fourth-order valence-corrected chi connectivity index (χ4v) is 2.87. The molecule has 1 aliphatic rings. The maximum atomic E-state index is 12.0. The number of allylic oxidation sites excluding steroid dienone is 3. The van der Waals surface area contributed by atoms with Gasteiger partial charge in [-0.1, -0.05) is 57.2 Å². The maximum Gasteiger partial charge on any atom is 0.343 e. The van der Waals surface area contributed by atoms with Crippen molar-refractivity contribution in [1.82, 2.24) is 0 Å². The summed E-state index contributed by atoms with van der Waals surface area (Å²) in [6, 6.07) is 7.81. The SMILES string of the molecule is C=C/C=C\C(=C)OC(=O)c1ccc(C2CCC(C)CC2)cc1. The van der Waals surface area contributed by atoms with E-state index in [-0.39, 0.29) is 5.97 Å². The molecule has 116 valence electrons. The topological polar surface area (TPSA) is 26.3 Å². The second-order valence-electron chi connectivity index (χ2n) is 6.03. The van der Waals surface area contributed by atoms with Crippen LogP contribution >= 0.6 is 0 Å². The normalized spacial score (nSPS) is 21.5. The molecule has 0 aromatic heterocycles. The highest BCUT2D eigenvalue weighted by atomic mass is 16.5. The lowest BCUT2D eigenvalue weighted by atomic mass is 9.79. The molecule has 0 aliphatic heterocycles. The van der Waals surface area contributed by atoms with Crippen molar-refractivity contribution in [2.24, 2.45) is 5.92 Å². The van der Waals surface area contributed by atoms with E-state index in [0.29, 0.717) is 17.2 Å². The highest BCUT2D eigenvalue weighted by Crippen LogP contribution is 2.35. The second kappa shape index (κ2) is 7.79. The van der Waals surface area contributed by atoms with Gasteiger partial charge >= 0.3 is 5.97 Å². The first-order chi connectivity index (χ1) is 10.6. The first-order valence-electron chi connectivity index (χ1n) is 7.90. The first kappa shape index (κ1) is 16.3. The van der Waals surface area contributed by atoms with Gasteiger partial charge in [-0.25, -0.2) is 4.79 Å². The fourth-order valence-electron chi connectivity index (χ4n) is 2.87. The van der Waals surface area contributed by atoms with Crippen molar-refractivity contribution >= 4 is 5.97 Å². The summed E-state index contributed by atoms with van der Waals surface area (Å²) in [5, 5.41) is 0. The van der Waals surface area contributed by atoms with Crippen LogP contribution in [0.1, 0.15) is 54.4 Å². The van der Waals surface area contributed by atoms with Crippen LogP contribution in [0.4, 0.5) is 0 Å². The lowest BCUT2D eigenvalue weighted by Gasteiger charge is -2.26. The molecule has 0 amide bonds. The molecule has 22 heavy (non-hydrogen) atoms. The minimum Gasteiger partial charge on any atom is -0.424 e. The Kier molecular flexibility index (Phi) is 5.76. The van der Waals surface area contributed by atoms with Crippen LogP contribution in [0.25, 0.3) is 0 Å². The zero-order valence-corrected chi connectivity index (χ0v) is 13.3. The molecule has 0 radical (unpaired) electrons. The summed E-state index contributed by atoms with van der Waals surface area (Å²) in [6.45, 7) is 9.56. The molecule has 1 saturated carbocycles. The molecular formula is C20H24O2. The molecule has 2 rings (SSSR count). The lowest BCUT2D eigenvalue weighted by molar-refractivity contribution is 0.0638. The molecule has 2 heteroatoms. The van der Waals surface area contributed by atoms with Crippen LogP contribution in [0, 0.1) is 5.92 Å². The van der Waals surface area contributed by atoms with Crippen LogP contribution in [-0.2, 0) is 4.74 Å². The molecule has 0 saturated heterocycles. The largest absolute Gasteiger partial charge is 0.424 e. The molecule has 1 aromatic rings. The summed E-state index contributed by atoms with van der Waals surface area (Å²) in [5.41, 5.74) is 1.88. The summed E-state index contributed by atoms with van der Waals surface area (Å²) >= 11 is 0. The van der Waals surface area contributed by atoms with Gasteiger partial charge in [0.2, 0.25) is 0 Å². The summed E-state index contributed by atoms with van der Waals surface area (Å²) in [6.07, 6.45) is 9.99. The van der Waals surface area contributed by atoms with E-state index < -0.39 is 0 Å². The van der Waals surface area contributed by atoms with Crippen LogP contribution in [0.15, 0.2) is 61.4 Å². The molecule has 0 atom stereocenters. The standard InChI is InChI=1S/C20H24O2/c1-4-5-6-16(3)22-20(21)19-13-11-18(12-14-19)17-9-7-15(2)8-10-17/h4-6,11-15,17H,1,3,7-10H2,2H3/b6-5-. The minimum atomic E-state index is -0.373. The summed E-state index contributed by atoms with van der Waals surface area (Å²) in [4.78, 5) is 12.0. The van der Waals surface area contributed by atoms with Crippen molar-refractivity contribution in [3.05, 3.63) is 72.5 Å². The molecule has 1 aromatic carbocycles. The van der Waals surface area contributed by atoms with E-state index in [1.807, 2.05) is 12.1 Å². The molecule has 1 fully saturated rings. The van der Waals surface area contributed by atoms with Gasteiger partial charge in [0.05, 0.1) is 5.56 Å². The Morgan fingerprint density at radius 1 is 1.18 bits per heavy atom. The van der Waals surface area contributed by atoms with Crippen LogP contribution in [-0.4, -0.2) is 5.97 Å². The first-order valence-corrected chi connectivity index (χ1v) is 7.90. The highest BCUT2D eigenvalue weighted by Gasteiger charge is 2.20. The van der Waals surface area contributed by atoms with E-state index in [1.54, 1.807) is 18.2 Å².